The van der Waals surface area contributed by atoms with Crippen LogP contribution in [0.15, 0.2) is 42.5 Å². The summed E-state index contributed by atoms with van der Waals surface area (Å²) in [6.45, 7) is 2.84. The Hall–Kier alpha value is -2.07. The van der Waals surface area contributed by atoms with Crippen LogP contribution in [0.5, 0.6) is 0 Å². The van der Waals surface area contributed by atoms with Crippen molar-refractivity contribution in [2.45, 2.75) is 13.5 Å². The van der Waals surface area contributed by atoms with E-state index in [9.17, 15) is 0 Å². The lowest BCUT2D eigenvalue weighted by Gasteiger charge is -2.19. The van der Waals surface area contributed by atoms with Crippen LogP contribution in [0.25, 0.3) is 0 Å². The summed E-state index contributed by atoms with van der Waals surface area (Å²) in [4.78, 5) is 6.56. The van der Waals surface area contributed by atoms with Gasteiger partial charge in [0.2, 0.25) is 0 Å². The summed E-state index contributed by atoms with van der Waals surface area (Å²) in [6, 6.07) is 14.2. The molecule has 3 N–H and O–H groups in total. The van der Waals surface area contributed by atoms with E-state index in [-0.39, 0.29) is 0 Å². The van der Waals surface area contributed by atoms with Crippen LogP contribution in [0.2, 0.25) is 0 Å². The van der Waals surface area contributed by atoms with E-state index in [0.717, 1.165) is 12.2 Å². The Labute approximate surface area is 107 Å². The molecule has 0 unspecified atom stereocenters. The minimum atomic E-state index is 0.685. The van der Waals surface area contributed by atoms with Crippen LogP contribution in [-0.4, -0.2) is 12.0 Å². The Morgan fingerprint density at radius 3 is 2.72 bits per heavy atom. The van der Waals surface area contributed by atoms with E-state index in [4.69, 9.17) is 5.84 Å². The number of pyridine rings is 1. The normalized spacial score (nSPS) is 10.2. The first-order valence-electron chi connectivity index (χ1n) is 5.89. The summed E-state index contributed by atoms with van der Waals surface area (Å²) < 4.78 is 0. The summed E-state index contributed by atoms with van der Waals surface area (Å²) in [5.74, 6) is 6.04. The van der Waals surface area contributed by atoms with Crippen molar-refractivity contribution >= 4 is 11.5 Å². The third-order valence-electron chi connectivity index (χ3n) is 2.80. The molecule has 0 saturated carbocycles. The quantitative estimate of drug-likeness (QED) is 0.638. The molecule has 1 heterocycles. The van der Waals surface area contributed by atoms with Gasteiger partial charge in [-0.15, -0.1) is 0 Å². The van der Waals surface area contributed by atoms with E-state index >= 15 is 0 Å². The molecule has 0 atom stereocenters. The maximum absolute atomic E-state index is 5.35. The van der Waals surface area contributed by atoms with Crippen molar-refractivity contribution < 1.29 is 0 Å². The number of nitrogen functional groups attached to an aromatic ring is 1. The van der Waals surface area contributed by atoms with Crippen molar-refractivity contribution in [3.63, 3.8) is 0 Å². The van der Waals surface area contributed by atoms with Gasteiger partial charge in [-0.25, -0.2) is 10.8 Å². The van der Waals surface area contributed by atoms with Gasteiger partial charge in [0, 0.05) is 12.7 Å². The van der Waals surface area contributed by atoms with Gasteiger partial charge in [-0.1, -0.05) is 18.2 Å². The smallest absolute Gasteiger partial charge is 0.140 e. The molecule has 0 aliphatic rings. The zero-order valence-electron chi connectivity index (χ0n) is 10.7. The van der Waals surface area contributed by atoms with Gasteiger partial charge in [-0.05, 0) is 36.8 Å². The summed E-state index contributed by atoms with van der Waals surface area (Å²) in [6.07, 6.45) is 0. The molecule has 94 valence electrons. The molecule has 0 saturated heterocycles. The maximum Gasteiger partial charge on any atom is 0.140 e. The number of nitrogens with one attached hydrogen (secondary N) is 1. The van der Waals surface area contributed by atoms with Crippen molar-refractivity contribution in [1.82, 2.24) is 4.98 Å². The first kappa shape index (κ1) is 12.4. The SMILES string of the molecule is Cc1cccc(N(C)Cc2cccc(NN)n2)c1. The molecule has 0 aliphatic heterocycles. The van der Waals surface area contributed by atoms with Crippen molar-refractivity contribution in [2.24, 2.45) is 5.84 Å². The molecule has 1 aromatic carbocycles. The number of nitrogens with two attached hydrogens (primary N) is 1. The van der Waals surface area contributed by atoms with Gasteiger partial charge in [0.1, 0.15) is 5.82 Å². The molecule has 0 spiro atoms. The van der Waals surface area contributed by atoms with E-state index in [2.05, 4.69) is 53.5 Å². The van der Waals surface area contributed by atoms with E-state index in [1.807, 2.05) is 18.2 Å². The predicted molar refractivity (Wildman–Crippen MR) is 75.3 cm³/mol. The molecule has 0 fully saturated rings. The fraction of sp³-hybridized carbons (Fsp3) is 0.214. The van der Waals surface area contributed by atoms with Gasteiger partial charge in [-0.2, -0.15) is 0 Å². The van der Waals surface area contributed by atoms with Gasteiger partial charge in [0.25, 0.3) is 0 Å². The molecule has 1 aromatic heterocycles. The minimum absolute atomic E-state index is 0.685. The molecule has 4 nitrogen and oxygen atoms in total. The van der Waals surface area contributed by atoms with Crippen LogP contribution < -0.4 is 16.2 Å². The fourth-order valence-electron chi connectivity index (χ4n) is 1.85. The highest BCUT2D eigenvalue weighted by molar-refractivity contribution is 5.48. The second kappa shape index (κ2) is 5.51. The molecular formula is C14H18N4. The highest BCUT2D eigenvalue weighted by Gasteiger charge is 2.03. The standard InChI is InChI=1S/C14H18N4/c1-11-5-3-7-13(9-11)18(2)10-12-6-4-8-14(16-12)17-15/h3-9H,10,15H2,1-2H3,(H,16,17). The first-order valence-corrected chi connectivity index (χ1v) is 5.89. The maximum atomic E-state index is 5.35. The number of nitrogens with zero attached hydrogens (tertiary/aromatic N) is 2. The highest BCUT2D eigenvalue weighted by Crippen LogP contribution is 2.16. The number of hydrazine groups is 1. The van der Waals surface area contributed by atoms with Crippen molar-refractivity contribution in [2.75, 3.05) is 17.4 Å². The first-order chi connectivity index (χ1) is 8.69. The number of aromatic nitrogens is 1. The average molecular weight is 242 g/mol. The van der Waals surface area contributed by atoms with Gasteiger partial charge < -0.3 is 10.3 Å². The topological polar surface area (TPSA) is 54.2 Å². The number of benzene rings is 1. The van der Waals surface area contributed by atoms with Gasteiger partial charge >= 0.3 is 0 Å². The second-order valence-corrected chi connectivity index (χ2v) is 4.35. The Bertz CT molecular complexity index is 525. The lowest BCUT2D eigenvalue weighted by Crippen LogP contribution is -2.18. The summed E-state index contributed by atoms with van der Waals surface area (Å²) in [7, 11) is 2.05. The predicted octanol–water partition coefficient (Wildman–Crippen LogP) is 2.31. The molecule has 0 radical (unpaired) electrons. The van der Waals surface area contributed by atoms with Gasteiger partial charge in [0.05, 0.1) is 12.2 Å². The number of hydrogen-bond donors (Lipinski definition) is 2. The molecule has 4 heteroatoms. The van der Waals surface area contributed by atoms with Gasteiger partial charge in [0.15, 0.2) is 0 Å². The molecule has 2 aromatic rings. The molecule has 0 amide bonds. The van der Waals surface area contributed by atoms with Crippen LogP contribution in [-0.2, 0) is 6.54 Å². The number of aryl methyl sites for hydroxylation is 1. The van der Waals surface area contributed by atoms with Crippen molar-refractivity contribution in [1.29, 1.82) is 0 Å². The van der Waals surface area contributed by atoms with Crippen LogP contribution >= 0.6 is 0 Å². The summed E-state index contributed by atoms with van der Waals surface area (Å²) >= 11 is 0. The number of hydrogen-bond acceptors (Lipinski definition) is 4. The number of anilines is 2. The molecule has 0 aliphatic carbocycles. The largest absolute Gasteiger partial charge is 0.369 e. The summed E-state index contributed by atoms with van der Waals surface area (Å²) in [5, 5.41) is 0. The van der Waals surface area contributed by atoms with Crippen LogP contribution in [0, 0.1) is 6.92 Å². The van der Waals surface area contributed by atoms with E-state index in [0.29, 0.717) is 5.82 Å². The Morgan fingerprint density at radius 2 is 2.00 bits per heavy atom. The third-order valence-corrected chi connectivity index (χ3v) is 2.80. The van der Waals surface area contributed by atoms with Crippen LogP contribution in [0.3, 0.4) is 0 Å². The highest BCUT2D eigenvalue weighted by atomic mass is 15.2. The van der Waals surface area contributed by atoms with E-state index in [1.165, 1.54) is 11.3 Å². The molecule has 2 rings (SSSR count). The van der Waals surface area contributed by atoms with Crippen LogP contribution in [0.1, 0.15) is 11.3 Å². The summed E-state index contributed by atoms with van der Waals surface area (Å²) in [5.41, 5.74) is 5.98. The van der Waals surface area contributed by atoms with Gasteiger partial charge in [-0.3, -0.25) is 0 Å². The Morgan fingerprint density at radius 1 is 1.22 bits per heavy atom. The average Bonchev–Trinajstić information content (AvgIpc) is 2.39. The zero-order chi connectivity index (χ0) is 13.0. The number of rotatable bonds is 4. The Balaban J connectivity index is 2.13. The molecule has 18 heavy (non-hydrogen) atoms. The molecule has 0 bridgehead atoms. The van der Waals surface area contributed by atoms with E-state index in [1.54, 1.807) is 0 Å². The third kappa shape index (κ3) is 2.99. The lowest BCUT2D eigenvalue weighted by molar-refractivity contribution is 0.884. The van der Waals surface area contributed by atoms with Crippen LogP contribution in [0.4, 0.5) is 11.5 Å². The fourth-order valence-corrected chi connectivity index (χ4v) is 1.85. The minimum Gasteiger partial charge on any atom is -0.369 e. The Kier molecular flexibility index (Phi) is 3.79. The lowest BCUT2D eigenvalue weighted by atomic mass is 10.2. The second-order valence-electron chi connectivity index (χ2n) is 4.35. The molecular weight excluding hydrogens is 224 g/mol. The van der Waals surface area contributed by atoms with Crippen molar-refractivity contribution in [3.8, 4) is 0 Å². The van der Waals surface area contributed by atoms with E-state index < -0.39 is 0 Å². The van der Waals surface area contributed by atoms with Crippen molar-refractivity contribution in [3.05, 3.63) is 53.7 Å². The zero-order valence-corrected chi connectivity index (χ0v) is 10.7. The monoisotopic (exact) mass is 242 g/mol.